The highest BCUT2D eigenvalue weighted by atomic mass is 15.5. The van der Waals surface area contributed by atoms with Crippen LogP contribution in [0.3, 0.4) is 0 Å². The number of anilines is 1. The lowest BCUT2D eigenvalue weighted by Crippen LogP contribution is -2.34. The van der Waals surface area contributed by atoms with Crippen LogP contribution in [0.1, 0.15) is 48.9 Å². The van der Waals surface area contributed by atoms with E-state index in [9.17, 15) is 5.26 Å². The number of hydrogen-bond donors (Lipinski definition) is 0. The van der Waals surface area contributed by atoms with Crippen molar-refractivity contribution in [2.45, 2.75) is 52.0 Å². The van der Waals surface area contributed by atoms with Gasteiger partial charge in [-0.2, -0.15) is 5.26 Å². The summed E-state index contributed by atoms with van der Waals surface area (Å²) in [6.07, 6.45) is 6.14. The van der Waals surface area contributed by atoms with Gasteiger partial charge >= 0.3 is 0 Å². The Hall–Kier alpha value is -2.35. The number of aryl methyl sites for hydroxylation is 2. The first kappa shape index (κ1) is 15.5. The summed E-state index contributed by atoms with van der Waals surface area (Å²) in [7, 11) is 2.03. The van der Waals surface area contributed by atoms with Gasteiger partial charge < -0.3 is 4.90 Å². The minimum Gasteiger partial charge on any atom is -0.353 e. The Morgan fingerprint density at radius 3 is 2.57 bits per heavy atom. The normalized spacial score (nSPS) is 15.4. The SMILES string of the molecule is Cc1ccc(-n2nc(C#N)c(N(C)C3CCCCC3)n2)c(C)c1. The molecule has 0 amide bonds. The van der Waals surface area contributed by atoms with Crippen molar-refractivity contribution in [3.05, 3.63) is 35.0 Å². The lowest BCUT2D eigenvalue weighted by atomic mass is 9.94. The maximum absolute atomic E-state index is 9.45. The fourth-order valence-corrected chi connectivity index (χ4v) is 3.39. The molecular weight excluding hydrogens is 286 g/mol. The quantitative estimate of drug-likeness (QED) is 0.870. The van der Waals surface area contributed by atoms with Crippen molar-refractivity contribution in [2.75, 3.05) is 11.9 Å². The molecule has 0 atom stereocenters. The summed E-state index contributed by atoms with van der Waals surface area (Å²) in [5.41, 5.74) is 3.64. The zero-order valence-corrected chi connectivity index (χ0v) is 14.1. The summed E-state index contributed by atoms with van der Waals surface area (Å²) < 4.78 is 0. The fourth-order valence-electron chi connectivity index (χ4n) is 3.39. The maximum atomic E-state index is 9.45. The van der Waals surface area contributed by atoms with Crippen molar-refractivity contribution in [2.24, 2.45) is 0 Å². The molecule has 0 unspecified atom stereocenters. The van der Waals surface area contributed by atoms with Gasteiger partial charge in [0.25, 0.3) is 0 Å². The molecule has 1 aliphatic carbocycles. The average molecular weight is 309 g/mol. The van der Waals surface area contributed by atoms with E-state index in [1.54, 1.807) is 4.80 Å². The second-order valence-corrected chi connectivity index (χ2v) is 6.47. The molecule has 1 saturated carbocycles. The van der Waals surface area contributed by atoms with Crippen molar-refractivity contribution in [3.8, 4) is 11.8 Å². The van der Waals surface area contributed by atoms with Crippen LogP contribution in [0.25, 0.3) is 5.69 Å². The average Bonchev–Trinajstić information content (AvgIpc) is 2.99. The molecule has 0 aliphatic heterocycles. The fraction of sp³-hybridized carbons (Fsp3) is 0.500. The highest BCUT2D eigenvalue weighted by molar-refractivity contribution is 5.51. The van der Waals surface area contributed by atoms with Gasteiger partial charge in [-0.25, -0.2) is 0 Å². The molecule has 0 saturated heterocycles. The van der Waals surface area contributed by atoms with Crippen LogP contribution in [-0.2, 0) is 0 Å². The van der Waals surface area contributed by atoms with Crippen LogP contribution in [0.15, 0.2) is 18.2 Å². The van der Waals surface area contributed by atoms with Crippen molar-refractivity contribution in [1.29, 1.82) is 5.26 Å². The zero-order chi connectivity index (χ0) is 16.4. The first-order chi connectivity index (χ1) is 11.1. The molecule has 1 aromatic carbocycles. The molecule has 1 aliphatic rings. The molecule has 0 spiro atoms. The van der Waals surface area contributed by atoms with Gasteiger partial charge in [-0.3, -0.25) is 0 Å². The molecule has 2 aromatic rings. The Balaban J connectivity index is 1.96. The molecule has 120 valence electrons. The third-order valence-electron chi connectivity index (χ3n) is 4.73. The van der Waals surface area contributed by atoms with E-state index in [1.165, 1.54) is 24.8 Å². The predicted molar refractivity (Wildman–Crippen MR) is 90.8 cm³/mol. The predicted octanol–water partition coefficient (Wildman–Crippen LogP) is 3.52. The van der Waals surface area contributed by atoms with E-state index < -0.39 is 0 Å². The number of rotatable bonds is 3. The molecule has 0 N–H and O–H groups in total. The Morgan fingerprint density at radius 2 is 1.91 bits per heavy atom. The Bertz CT molecular complexity index is 734. The standard InChI is InChI=1S/C18H23N5/c1-13-9-10-17(14(2)11-13)23-20-16(12-19)18(21-23)22(3)15-7-5-4-6-8-15/h9-11,15H,4-8H2,1-3H3. The van der Waals surface area contributed by atoms with E-state index in [1.807, 2.05) is 26.1 Å². The van der Waals surface area contributed by atoms with Crippen molar-refractivity contribution < 1.29 is 0 Å². The second-order valence-electron chi connectivity index (χ2n) is 6.47. The van der Waals surface area contributed by atoms with Gasteiger partial charge in [-0.05, 0) is 38.3 Å². The minimum atomic E-state index is 0.401. The van der Waals surface area contributed by atoms with Crippen LogP contribution < -0.4 is 4.90 Å². The van der Waals surface area contributed by atoms with E-state index in [2.05, 4.69) is 34.2 Å². The minimum absolute atomic E-state index is 0.401. The topological polar surface area (TPSA) is 57.7 Å². The lowest BCUT2D eigenvalue weighted by Gasteiger charge is -2.31. The van der Waals surface area contributed by atoms with Gasteiger partial charge in [0.15, 0.2) is 5.82 Å². The van der Waals surface area contributed by atoms with Crippen LogP contribution in [0.2, 0.25) is 0 Å². The van der Waals surface area contributed by atoms with Crippen LogP contribution in [0, 0.1) is 25.2 Å². The second kappa shape index (κ2) is 6.41. The summed E-state index contributed by atoms with van der Waals surface area (Å²) in [6.45, 7) is 4.11. The van der Waals surface area contributed by atoms with Gasteiger partial charge in [0.05, 0.1) is 5.69 Å². The van der Waals surface area contributed by atoms with E-state index in [4.69, 9.17) is 0 Å². The first-order valence-corrected chi connectivity index (χ1v) is 8.28. The Morgan fingerprint density at radius 1 is 1.17 bits per heavy atom. The van der Waals surface area contributed by atoms with E-state index >= 15 is 0 Å². The van der Waals surface area contributed by atoms with Crippen LogP contribution in [0.5, 0.6) is 0 Å². The van der Waals surface area contributed by atoms with Crippen LogP contribution in [-0.4, -0.2) is 28.1 Å². The lowest BCUT2D eigenvalue weighted by molar-refractivity contribution is 0.425. The van der Waals surface area contributed by atoms with E-state index in [0.717, 1.165) is 24.1 Å². The molecule has 1 fully saturated rings. The Labute approximate surface area is 137 Å². The zero-order valence-electron chi connectivity index (χ0n) is 14.1. The largest absolute Gasteiger partial charge is 0.353 e. The summed E-state index contributed by atoms with van der Waals surface area (Å²) in [6, 6.07) is 8.82. The van der Waals surface area contributed by atoms with Crippen LogP contribution >= 0.6 is 0 Å². The third kappa shape index (κ3) is 3.07. The van der Waals surface area contributed by atoms with Gasteiger partial charge in [0.1, 0.15) is 6.07 Å². The molecule has 0 bridgehead atoms. The first-order valence-electron chi connectivity index (χ1n) is 8.28. The van der Waals surface area contributed by atoms with Gasteiger partial charge in [-0.15, -0.1) is 15.0 Å². The molecule has 1 aromatic heterocycles. The summed E-state index contributed by atoms with van der Waals surface area (Å²) in [4.78, 5) is 3.74. The van der Waals surface area contributed by atoms with E-state index in [-0.39, 0.29) is 0 Å². The summed E-state index contributed by atoms with van der Waals surface area (Å²) >= 11 is 0. The number of hydrogen-bond acceptors (Lipinski definition) is 4. The number of nitriles is 1. The highest BCUT2D eigenvalue weighted by Crippen LogP contribution is 2.27. The van der Waals surface area contributed by atoms with Gasteiger partial charge in [0.2, 0.25) is 5.69 Å². The van der Waals surface area contributed by atoms with Crippen LogP contribution in [0.4, 0.5) is 5.82 Å². The molecular formula is C18H23N5. The summed E-state index contributed by atoms with van der Waals surface area (Å²) in [5, 5.41) is 18.5. The number of benzene rings is 1. The van der Waals surface area contributed by atoms with Crippen molar-refractivity contribution in [3.63, 3.8) is 0 Å². The molecule has 3 rings (SSSR count). The molecule has 0 radical (unpaired) electrons. The smallest absolute Gasteiger partial charge is 0.207 e. The molecule has 1 heterocycles. The Kier molecular flexibility index (Phi) is 4.33. The maximum Gasteiger partial charge on any atom is 0.207 e. The summed E-state index contributed by atoms with van der Waals surface area (Å²) in [5.74, 6) is 0.694. The monoisotopic (exact) mass is 309 g/mol. The third-order valence-corrected chi connectivity index (χ3v) is 4.73. The van der Waals surface area contributed by atoms with Gasteiger partial charge in [0, 0.05) is 13.1 Å². The van der Waals surface area contributed by atoms with Gasteiger partial charge in [-0.1, -0.05) is 37.0 Å². The molecule has 5 nitrogen and oxygen atoms in total. The molecule has 5 heteroatoms. The highest BCUT2D eigenvalue weighted by Gasteiger charge is 2.24. The number of nitrogens with zero attached hydrogens (tertiary/aromatic N) is 5. The van der Waals surface area contributed by atoms with Crippen molar-refractivity contribution >= 4 is 5.82 Å². The van der Waals surface area contributed by atoms with Crippen molar-refractivity contribution in [1.82, 2.24) is 15.0 Å². The number of aromatic nitrogens is 3. The molecule has 23 heavy (non-hydrogen) atoms. The van der Waals surface area contributed by atoms with E-state index in [0.29, 0.717) is 17.6 Å².